The number of methoxy groups -OCH3 is 1. The fourth-order valence-electron chi connectivity index (χ4n) is 2.24. The van der Waals surface area contributed by atoms with Gasteiger partial charge in [-0.2, -0.15) is 0 Å². The molecule has 2 aromatic carbocycles. The van der Waals surface area contributed by atoms with Crippen LogP contribution in [-0.4, -0.2) is 7.11 Å². The Morgan fingerprint density at radius 1 is 1.25 bits per heavy atom. The quantitative estimate of drug-likeness (QED) is 0.866. The molecule has 0 aliphatic rings. The van der Waals surface area contributed by atoms with Crippen molar-refractivity contribution >= 4 is 27.5 Å². The second kappa shape index (κ2) is 6.61. The molecular formula is C16H17BrClNO. The van der Waals surface area contributed by atoms with E-state index in [1.165, 1.54) is 0 Å². The summed E-state index contributed by atoms with van der Waals surface area (Å²) in [6.45, 7) is 2.03. The predicted octanol–water partition coefficient (Wildman–Crippen LogP) is 4.66. The number of hydrogen-bond donors (Lipinski definition) is 1. The van der Waals surface area contributed by atoms with E-state index in [4.69, 9.17) is 22.1 Å². The Morgan fingerprint density at radius 2 is 2.00 bits per heavy atom. The first-order valence-corrected chi connectivity index (χ1v) is 7.52. The van der Waals surface area contributed by atoms with Gasteiger partial charge in [0.1, 0.15) is 5.75 Å². The molecule has 106 valence electrons. The Labute approximate surface area is 133 Å². The van der Waals surface area contributed by atoms with E-state index in [-0.39, 0.29) is 6.04 Å². The molecule has 0 aliphatic carbocycles. The number of benzene rings is 2. The third kappa shape index (κ3) is 3.54. The van der Waals surface area contributed by atoms with Crippen LogP contribution in [0.5, 0.6) is 5.75 Å². The normalized spacial score (nSPS) is 12.2. The van der Waals surface area contributed by atoms with Gasteiger partial charge in [0, 0.05) is 15.5 Å². The molecule has 0 heterocycles. The van der Waals surface area contributed by atoms with E-state index < -0.39 is 0 Å². The molecule has 0 spiro atoms. The molecule has 0 saturated heterocycles. The van der Waals surface area contributed by atoms with Crippen molar-refractivity contribution in [3.63, 3.8) is 0 Å². The number of hydrogen-bond acceptors (Lipinski definition) is 2. The second-order valence-electron chi connectivity index (χ2n) is 4.77. The molecule has 2 aromatic rings. The van der Waals surface area contributed by atoms with E-state index in [0.29, 0.717) is 0 Å². The molecule has 0 bridgehead atoms. The average molecular weight is 355 g/mol. The van der Waals surface area contributed by atoms with Gasteiger partial charge in [0.05, 0.1) is 7.11 Å². The highest BCUT2D eigenvalue weighted by Crippen LogP contribution is 2.28. The van der Waals surface area contributed by atoms with Gasteiger partial charge < -0.3 is 10.5 Å². The fourth-order valence-corrected chi connectivity index (χ4v) is 2.87. The Bertz CT molecular complexity index is 615. The van der Waals surface area contributed by atoms with Gasteiger partial charge in [-0.25, -0.2) is 0 Å². The van der Waals surface area contributed by atoms with Crippen molar-refractivity contribution in [2.45, 2.75) is 19.4 Å². The van der Waals surface area contributed by atoms with Crippen LogP contribution in [0.25, 0.3) is 0 Å². The van der Waals surface area contributed by atoms with E-state index in [9.17, 15) is 0 Å². The standard InChI is InChI=1S/C16H17BrClNO/c1-10-7-12(18)3-5-14(10)16(19)9-11-8-13(20-2)4-6-15(11)17/h3-8,16H,9,19H2,1-2H3. The van der Waals surface area contributed by atoms with Crippen molar-refractivity contribution in [1.29, 1.82) is 0 Å². The molecule has 4 heteroatoms. The fraction of sp³-hybridized carbons (Fsp3) is 0.250. The van der Waals surface area contributed by atoms with Crippen LogP contribution < -0.4 is 10.5 Å². The number of aryl methyl sites for hydroxylation is 1. The first-order valence-electron chi connectivity index (χ1n) is 6.35. The Morgan fingerprint density at radius 3 is 2.65 bits per heavy atom. The lowest BCUT2D eigenvalue weighted by molar-refractivity contribution is 0.414. The van der Waals surface area contributed by atoms with Crippen LogP contribution in [-0.2, 0) is 6.42 Å². The first kappa shape index (κ1) is 15.4. The molecular weight excluding hydrogens is 338 g/mol. The molecule has 0 fully saturated rings. The van der Waals surface area contributed by atoms with E-state index in [1.807, 2.05) is 43.3 Å². The SMILES string of the molecule is COc1ccc(Br)c(CC(N)c2ccc(Cl)cc2C)c1. The highest BCUT2D eigenvalue weighted by molar-refractivity contribution is 9.10. The summed E-state index contributed by atoms with van der Waals surface area (Å²) >= 11 is 9.54. The number of rotatable bonds is 4. The Balaban J connectivity index is 2.25. The maximum Gasteiger partial charge on any atom is 0.119 e. The van der Waals surface area contributed by atoms with Crippen LogP contribution in [0.1, 0.15) is 22.7 Å². The van der Waals surface area contributed by atoms with Gasteiger partial charge in [0.25, 0.3) is 0 Å². The lowest BCUT2D eigenvalue weighted by Gasteiger charge is -2.16. The monoisotopic (exact) mass is 353 g/mol. The first-order chi connectivity index (χ1) is 9.51. The van der Waals surface area contributed by atoms with Gasteiger partial charge >= 0.3 is 0 Å². The third-order valence-corrected chi connectivity index (χ3v) is 4.33. The Hall–Kier alpha value is -1.03. The summed E-state index contributed by atoms with van der Waals surface area (Å²) in [5.74, 6) is 0.836. The molecule has 2 rings (SSSR count). The average Bonchev–Trinajstić information content (AvgIpc) is 2.41. The van der Waals surface area contributed by atoms with E-state index in [1.54, 1.807) is 7.11 Å². The summed E-state index contributed by atoms with van der Waals surface area (Å²) in [7, 11) is 1.66. The molecule has 0 aromatic heterocycles. The number of ether oxygens (including phenoxy) is 1. The lowest BCUT2D eigenvalue weighted by Crippen LogP contribution is -2.15. The molecule has 2 N–H and O–H groups in total. The highest BCUT2D eigenvalue weighted by Gasteiger charge is 2.12. The van der Waals surface area contributed by atoms with Crippen molar-refractivity contribution in [2.24, 2.45) is 5.73 Å². The molecule has 2 nitrogen and oxygen atoms in total. The molecule has 0 saturated carbocycles. The number of nitrogens with two attached hydrogens (primary N) is 1. The molecule has 1 unspecified atom stereocenters. The summed E-state index contributed by atoms with van der Waals surface area (Å²) in [5, 5.41) is 0.737. The summed E-state index contributed by atoms with van der Waals surface area (Å²) in [6, 6.07) is 11.7. The van der Waals surface area contributed by atoms with Gasteiger partial charge in [0.15, 0.2) is 0 Å². The minimum atomic E-state index is -0.0735. The van der Waals surface area contributed by atoms with Crippen molar-refractivity contribution in [2.75, 3.05) is 7.11 Å². The van der Waals surface area contributed by atoms with Crippen LogP contribution in [0, 0.1) is 6.92 Å². The maximum absolute atomic E-state index is 6.33. The van der Waals surface area contributed by atoms with Crippen LogP contribution in [0.2, 0.25) is 5.02 Å². The predicted molar refractivity (Wildman–Crippen MR) is 87.5 cm³/mol. The summed E-state index contributed by atoms with van der Waals surface area (Å²) in [4.78, 5) is 0. The molecule has 20 heavy (non-hydrogen) atoms. The maximum atomic E-state index is 6.33. The van der Waals surface area contributed by atoms with Crippen LogP contribution >= 0.6 is 27.5 Å². The smallest absolute Gasteiger partial charge is 0.119 e. The summed E-state index contributed by atoms with van der Waals surface area (Å²) in [5.41, 5.74) is 9.69. The summed E-state index contributed by atoms with van der Waals surface area (Å²) < 4.78 is 6.30. The molecule has 0 amide bonds. The minimum Gasteiger partial charge on any atom is -0.497 e. The zero-order valence-electron chi connectivity index (χ0n) is 11.5. The second-order valence-corrected chi connectivity index (χ2v) is 6.06. The van der Waals surface area contributed by atoms with Gasteiger partial charge in [-0.1, -0.05) is 33.6 Å². The van der Waals surface area contributed by atoms with Crippen LogP contribution in [0.4, 0.5) is 0 Å². The van der Waals surface area contributed by atoms with Gasteiger partial charge in [-0.05, 0) is 60.4 Å². The topological polar surface area (TPSA) is 35.2 Å². The van der Waals surface area contributed by atoms with E-state index in [0.717, 1.165) is 38.4 Å². The van der Waals surface area contributed by atoms with Gasteiger partial charge in [-0.15, -0.1) is 0 Å². The van der Waals surface area contributed by atoms with Crippen molar-refractivity contribution < 1.29 is 4.74 Å². The lowest BCUT2D eigenvalue weighted by atomic mass is 9.96. The summed E-state index contributed by atoms with van der Waals surface area (Å²) in [6.07, 6.45) is 0.736. The van der Waals surface area contributed by atoms with Crippen molar-refractivity contribution in [3.05, 3.63) is 62.6 Å². The van der Waals surface area contributed by atoms with Crippen molar-refractivity contribution in [1.82, 2.24) is 0 Å². The third-order valence-electron chi connectivity index (χ3n) is 3.32. The van der Waals surface area contributed by atoms with E-state index >= 15 is 0 Å². The molecule has 0 aliphatic heterocycles. The largest absolute Gasteiger partial charge is 0.497 e. The Kier molecular flexibility index (Phi) is 5.08. The van der Waals surface area contributed by atoms with Crippen LogP contribution in [0.15, 0.2) is 40.9 Å². The van der Waals surface area contributed by atoms with Crippen LogP contribution in [0.3, 0.4) is 0 Å². The number of halogens is 2. The van der Waals surface area contributed by atoms with Gasteiger partial charge in [0.2, 0.25) is 0 Å². The zero-order chi connectivity index (χ0) is 14.7. The molecule has 0 radical (unpaired) electrons. The molecule has 1 atom stereocenters. The zero-order valence-corrected chi connectivity index (χ0v) is 13.8. The minimum absolute atomic E-state index is 0.0735. The van der Waals surface area contributed by atoms with Crippen molar-refractivity contribution in [3.8, 4) is 5.75 Å². The van der Waals surface area contributed by atoms with Gasteiger partial charge in [-0.3, -0.25) is 0 Å². The van der Waals surface area contributed by atoms with E-state index in [2.05, 4.69) is 15.9 Å². The highest BCUT2D eigenvalue weighted by atomic mass is 79.9.